The molecule has 0 unspecified atom stereocenters. The van der Waals surface area contributed by atoms with Crippen molar-refractivity contribution in [3.05, 3.63) is 57.0 Å². The Morgan fingerprint density at radius 1 is 1.17 bits per heavy atom. The maximum Gasteiger partial charge on any atom is 0.281 e. The van der Waals surface area contributed by atoms with Gasteiger partial charge in [0.1, 0.15) is 0 Å². The van der Waals surface area contributed by atoms with Gasteiger partial charge in [-0.25, -0.2) is 9.67 Å². The fourth-order valence-corrected chi connectivity index (χ4v) is 3.53. The number of fused-ring (bicyclic) bond motifs is 3. The minimum Gasteiger partial charge on any atom is -0.294 e. The second-order valence-electron chi connectivity index (χ2n) is 7.04. The van der Waals surface area contributed by atoms with E-state index >= 15 is 0 Å². The van der Waals surface area contributed by atoms with E-state index in [0.717, 1.165) is 5.56 Å². The molecular weight excluding hydrogens is 326 g/mol. The maximum atomic E-state index is 13.0. The molecule has 122 valence electrons. The largest absolute Gasteiger partial charge is 0.294 e. The van der Waals surface area contributed by atoms with Crippen LogP contribution >= 0.6 is 11.6 Å². The molecule has 6 heteroatoms. The summed E-state index contributed by atoms with van der Waals surface area (Å²) in [6.07, 6.45) is 2.74. The molecule has 5 nitrogen and oxygen atoms in total. The van der Waals surface area contributed by atoms with Gasteiger partial charge in [0.2, 0.25) is 0 Å². The van der Waals surface area contributed by atoms with Crippen LogP contribution in [0.25, 0.3) is 16.7 Å². The number of rotatable bonds is 1. The number of ketones is 1. The van der Waals surface area contributed by atoms with Crippen LogP contribution in [0, 0.1) is 5.41 Å². The lowest BCUT2D eigenvalue weighted by atomic mass is 9.73. The Labute approximate surface area is 143 Å². The number of Topliss-reactive ketones (excluding diaryl/α,β-unsaturated/α-hetero) is 1. The molecule has 1 aromatic carbocycles. The quantitative estimate of drug-likeness (QED) is 0.736. The van der Waals surface area contributed by atoms with Crippen molar-refractivity contribution in [3.8, 4) is 5.69 Å². The summed E-state index contributed by atoms with van der Waals surface area (Å²) in [5.74, 6) is 0.0503. The van der Waals surface area contributed by atoms with Crippen molar-refractivity contribution in [1.82, 2.24) is 14.8 Å². The van der Waals surface area contributed by atoms with Gasteiger partial charge < -0.3 is 0 Å². The Morgan fingerprint density at radius 2 is 1.88 bits per heavy atom. The summed E-state index contributed by atoms with van der Waals surface area (Å²) in [6.45, 7) is 4.09. The minimum atomic E-state index is -0.192. The Kier molecular flexibility index (Phi) is 3.18. The number of aromatic nitrogens is 3. The van der Waals surface area contributed by atoms with E-state index < -0.39 is 0 Å². The van der Waals surface area contributed by atoms with Crippen LogP contribution in [0.3, 0.4) is 0 Å². The summed E-state index contributed by atoms with van der Waals surface area (Å²) < 4.78 is 1.44. The number of nitrogens with one attached hydrogen (secondary N) is 1. The first-order valence-corrected chi connectivity index (χ1v) is 8.15. The highest BCUT2D eigenvalue weighted by molar-refractivity contribution is 6.30. The van der Waals surface area contributed by atoms with Gasteiger partial charge in [-0.1, -0.05) is 25.4 Å². The highest BCUT2D eigenvalue weighted by atomic mass is 35.5. The smallest absolute Gasteiger partial charge is 0.281 e. The molecule has 0 spiro atoms. The van der Waals surface area contributed by atoms with E-state index in [1.807, 2.05) is 13.8 Å². The van der Waals surface area contributed by atoms with Crippen molar-refractivity contribution in [2.45, 2.75) is 26.7 Å². The summed E-state index contributed by atoms with van der Waals surface area (Å²) in [5.41, 5.74) is 2.20. The van der Waals surface area contributed by atoms with Crippen molar-refractivity contribution in [2.75, 3.05) is 0 Å². The second kappa shape index (κ2) is 5.05. The number of H-pyrrole nitrogens is 1. The van der Waals surface area contributed by atoms with Gasteiger partial charge in [0, 0.05) is 23.2 Å². The number of pyridine rings is 1. The number of carbonyl (C=O) groups excluding carboxylic acids is 1. The molecule has 1 aliphatic rings. The van der Waals surface area contributed by atoms with Gasteiger partial charge in [-0.05, 0) is 41.7 Å². The lowest BCUT2D eigenvalue weighted by Gasteiger charge is -2.29. The molecule has 0 bridgehead atoms. The van der Waals surface area contributed by atoms with Crippen LogP contribution in [0.4, 0.5) is 0 Å². The summed E-state index contributed by atoms with van der Waals surface area (Å²) in [5, 5.41) is 4.14. The summed E-state index contributed by atoms with van der Waals surface area (Å²) in [7, 11) is 0. The fraction of sp³-hybridized carbons (Fsp3) is 0.278. The number of hydrogen-bond acceptors (Lipinski definition) is 3. The molecule has 2 aromatic heterocycles. The van der Waals surface area contributed by atoms with Crippen molar-refractivity contribution in [1.29, 1.82) is 0 Å². The number of aromatic amines is 1. The second-order valence-corrected chi connectivity index (χ2v) is 7.48. The van der Waals surface area contributed by atoms with E-state index in [4.69, 9.17) is 11.6 Å². The van der Waals surface area contributed by atoms with E-state index in [1.165, 1.54) is 4.68 Å². The first kappa shape index (κ1) is 15.1. The van der Waals surface area contributed by atoms with Crippen LogP contribution in [0.5, 0.6) is 0 Å². The normalized spacial score (nSPS) is 16.4. The van der Waals surface area contributed by atoms with E-state index in [0.29, 0.717) is 40.1 Å². The Morgan fingerprint density at radius 3 is 2.58 bits per heavy atom. The molecule has 24 heavy (non-hydrogen) atoms. The molecule has 2 heterocycles. The van der Waals surface area contributed by atoms with Gasteiger partial charge in [-0.2, -0.15) is 0 Å². The monoisotopic (exact) mass is 341 g/mol. The van der Waals surface area contributed by atoms with Crippen LogP contribution in [0.1, 0.15) is 36.2 Å². The Hall–Kier alpha value is -2.40. The van der Waals surface area contributed by atoms with Gasteiger partial charge >= 0.3 is 0 Å². The van der Waals surface area contributed by atoms with Gasteiger partial charge in [-0.15, -0.1) is 0 Å². The lowest BCUT2D eigenvalue weighted by molar-refractivity contribution is 0.0912. The molecule has 4 rings (SSSR count). The van der Waals surface area contributed by atoms with Crippen LogP contribution in [0.2, 0.25) is 5.02 Å². The van der Waals surface area contributed by atoms with Crippen molar-refractivity contribution < 1.29 is 4.79 Å². The molecule has 0 saturated heterocycles. The Balaban J connectivity index is 1.99. The Bertz CT molecular complexity index is 1030. The molecule has 0 aliphatic heterocycles. The van der Waals surface area contributed by atoms with Crippen LogP contribution < -0.4 is 5.56 Å². The third-order valence-corrected chi connectivity index (χ3v) is 4.75. The summed E-state index contributed by atoms with van der Waals surface area (Å²) >= 11 is 5.91. The van der Waals surface area contributed by atoms with E-state index in [9.17, 15) is 9.59 Å². The van der Waals surface area contributed by atoms with Gasteiger partial charge in [0.05, 0.1) is 11.1 Å². The molecule has 0 atom stereocenters. The highest BCUT2D eigenvalue weighted by Crippen LogP contribution is 2.36. The molecule has 0 radical (unpaired) electrons. The first-order chi connectivity index (χ1) is 11.4. The van der Waals surface area contributed by atoms with Gasteiger partial charge in [0.15, 0.2) is 11.4 Å². The predicted molar refractivity (Wildman–Crippen MR) is 93.1 cm³/mol. The SMILES string of the molecule is CC1(C)CC(=O)c2cnc3[nH]n(-c4ccc(Cl)cc4)c(=O)c3c2C1. The number of nitrogens with zero attached hydrogens (tertiary/aromatic N) is 2. The fourth-order valence-electron chi connectivity index (χ4n) is 3.40. The van der Waals surface area contributed by atoms with E-state index in [2.05, 4.69) is 10.1 Å². The highest BCUT2D eigenvalue weighted by Gasteiger charge is 2.33. The van der Waals surface area contributed by atoms with Crippen molar-refractivity contribution in [3.63, 3.8) is 0 Å². The number of halogens is 1. The zero-order valence-corrected chi connectivity index (χ0v) is 14.1. The average Bonchev–Trinajstić information content (AvgIpc) is 2.84. The average molecular weight is 342 g/mol. The number of carbonyl (C=O) groups is 1. The van der Waals surface area contributed by atoms with Gasteiger partial charge in [0.25, 0.3) is 5.56 Å². The van der Waals surface area contributed by atoms with Crippen LogP contribution in [-0.4, -0.2) is 20.5 Å². The zero-order valence-electron chi connectivity index (χ0n) is 13.4. The van der Waals surface area contributed by atoms with Crippen molar-refractivity contribution >= 4 is 28.4 Å². The van der Waals surface area contributed by atoms with E-state index in [-0.39, 0.29) is 16.8 Å². The molecular formula is C18H16ClN3O2. The molecule has 1 aliphatic carbocycles. The predicted octanol–water partition coefficient (Wildman–Crippen LogP) is 3.52. The molecule has 0 fully saturated rings. The van der Waals surface area contributed by atoms with Crippen LogP contribution in [0.15, 0.2) is 35.3 Å². The third-order valence-electron chi connectivity index (χ3n) is 4.50. The molecule has 1 N–H and O–H groups in total. The van der Waals surface area contributed by atoms with Crippen LogP contribution in [-0.2, 0) is 6.42 Å². The lowest BCUT2D eigenvalue weighted by Crippen LogP contribution is -2.28. The minimum absolute atomic E-state index is 0.0503. The zero-order chi connectivity index (χ0) is 17.1. The topological polar surface area (TPSA) is 67.8 Å². The third kappa shape index (κ3) is 2.27. The number of benzene rings is 1. The number of hydrogen-bond donors (Lipinski definition) is 1. The first-order valence-electron chi connectivity index (χ1n) is 7.77. The molecule has 0 amide bonds. The maximum absolute atomic E-state index is 13.0. The standard InChI is InChI=1S/C18H16ClN3O2/c1-18(2)7-12-13(14(23)8-18)9-20-16-15(12)17(24)22(21-16)11-5-3-10(19)4-6-11/h3-6,9H,7-8H2,1-2H3,(H,20,21). The summed E-state index contributed by atoms with van der Waals surface area (Å²) in [6, 6.07) is 6.98. The van der Waals surface area contributed by atoms with Gasteiger partial charge in [-0.3, -0.25) is 14.7 Å². The summed E-state index contributed by atoms with van der Waals surface area (Å²) in [4.78, 5) is 29.6. The van der Waals surface area contributed by atoms with E-state index in [1.54, 1.807) is 30.5 Å². The molecule has 0 saturated carbocycles. The van der Waals surface area contributed by atoms with Crippen molar-refractivity contribution in [2.24, 2.45) is 5.41 Å². The molecule has 3 aromatic rings.